The van der Waals surface area contributed by atoms with E-state index in [4.69, 9.17) is 5.11 Å². The molecule has 0 amide bonds. The first-order chi connectivity index (χ1) is 7.25. The number of hydrogen-bond donors (Lipinski definition) is 2. The molecule has 0 bridgehead atoms. The Kier molecular flexibility index (Phi) is 4.80. The number of hydrogen-bond acceptors (Lipinski definition) is 4. The molecule has 0 unspecified atom stereocenters. The maximum atomic E-state index is 12.4. The lowest BCUT2D eigenvalue weighted by Gasteiger charge is -2.13. The van der Waals surface area contributed by atoms with Crippen molar-refractivity contribution in [1.82, 2.24) is 5.32 Å². The fourth-order valence-electron chi connectivity index (χ4n) is 0.902. The summed E-state index contributed by atoms with van der Waals surface area (Å²) < 4.78 is 41.4. The van der Waals surface area contributed by atoms with Crippen molar-refractivity contribution >= 4 is 11.9 Å². The molecule has 0 aromatic rings. The number of carboxylic acid groups (broad SMARTS) is 1. The number of aliphatic carboxylic acids is 1. The number of halogens is 3. The Morgan fingerprint density at radius 2 is 1.88 bits per heavy atom. The molecule has 0 aliphatic rings. The summed E-state index contributed by atoms with van der Waals surface area (Å²) in [5.74, 6) is -3.61. The molecule has 92 valence electrons. The van der Waals surface area contributed by atoms with Crippen molar-refractivity contribution in [2.75, 3.05) is 13.7 Å². The van der Waals surface area contributed by atoms with Gasteiger partial charge in [-0.05, 0) is 6.92 Å². The van der Waals surface area contributed by atoms with Gasteiger partial charge in [0.25, 0.3) is 0 Å². The summed E-state index contributed by atoms with van der Waals surface area (Å²) in [4.78, 5) is 21.5. The van der Waals surface area contributed by atoms with Gasteiger partial charge >= 0.3 is 18.1 Å². The van der Waals surface area contributed by atoms with Crippen molar-refractivity contribution in [3.05, 3.63) is 11.3 Å². The maximum absolute atomic E-state index is 12.4. The molecule has 16 heavy (non-hydrogen) atoms. The summed E-state index contributed by atoms with van der Waals surface area (Å²) in [5.41, 5.74) is -3.10. The van der Waals surface area contributed by atoms with Gasteiger partial charge in [0.2, 0.25) is 0 Å². The van der Waals surface area contributed by atoms with Crippen LogP contribution in [-0.2, 0) is 14.3 Å². The lowest BCUT2D eigenvalue weighted by Crippen LogP contribution is -2.31. The van der Waals surface area contributed by atoms with Crippen LogP contribution in [0, 0.1) is 0 Å². The molecule has 0 aromatic carbocycles. The van der Waals surface area contributed by atoms with Crippen LogP contribution < -0.4 is 5.32 Å². The van der Waals surface area contributed by atoms with Gasteiger partial charge in [-0.25, -0.2) is 9.59 Å². The largest absolute Gasteiger partial charge is 0.477 e. The molecule has 0 saturated carbocycles. The Bertz CT molecular complexity index is 322. The number of rotatable bonds is 4. The molecule has 0 atom stereocenters. The van der Waals surface area contributed by atoms with Crippen molar-refractivity contribution in [1.29, 1.82) is 0 Å². The molecule has 5 nitrogen and oxygen atoms in total. The summed E-state index contributed by atoms with van der Waals surface area (Å²) in [6.45, 7) is 1.03. The molecule has 0 heterocycles. The third-order valence-electron chi connectivity index (χ3n) is 1.48. The second-order valence-electron chi connectivity index (χ2n) is 2.52. The van der Waals surface area contributed by atoms with Crippen LogP contribution in [0.1, 0.15) is 6.92 Å². The van der Waals surface area contributed by atoms with Gasteiger partial charge in [0, 0.05) is 7.05 Å². The predicted octanol–water partition coefficient (Wildman–Crippen LogP) is 0.670. The van der Waals surface area contributed by atoms with E-state index in [1.807, 2.05) is 0 Å². The van der Waals surface area contributed by atoms with Gasteiger partial charge in [-0.2, -0.15) is 13.2 Å². The molecule has 0 fully saturated rings. The van der Waals surface area contributed by atoms with Crippen LogP contribution in [0.2, 0.25) is 0 Å². The van der Waals surface area contributed by atoms with E-state index in [1.165, 1.54) is 6.92 Å². The Morgan fingerprint density at radius 3 is 2.12 bits per heavy atom. The molecule has 0 aliphatic carbocycles. The first-order valence-electron chi connectivity index (χ1n) is 4.15. The van der Waals surface area contributed by atoms with E-state index in [9.17, 15) is 22.8 Å². The summed E-state index contributed by atoms with van der Waals surface area (Å²) in [6, 6.07) is 0. The van der Waals surface area contributed by atoms with Crippen LogP contribution >= 0.6 is 0 Å². The third-order valence-corrected chi connectivity index (χ3v) is 1.48. The van der Waals surface area contributed by atoms with Crippen LogP contribution in [0.3, 0.4) is 0 Å². The number of ether oxygens (including phenoxy) is 1. The first kappa shape index (κ1) is 14.3. The van der Waals surface area contributed by atoms with Crippen molar-refractivity contribution < 1.29 is 32.6 Å². The molecular weight excluding hydrogens is 231 g/mol. The predicted molar refractivity (Wildman–Crippen MR) is 46.4 cm³/mol. The van der Waals surface area contributed by atoms with Crippen molar-refractivity contribution in [2.24, 2.45) is 0 Å². The van der Waals surface area contributed by atoms with E-state index in [0.29, 0.717) is 0 Å². The zero-order valence-corrected chi connectivity index (χ0v) is 8.51. The molecule has 0 rings (SSSR count). The molecule has 0 saturated heterocycles. The normalized spacial score (nSPS) is 12.8. The molecule has 0 spiro atoms. The van der Waals surface area contributed by atoms with Crippen LogP contribution in [0.25, 0.3) is 0 Å². The lowest BCUT2D eigenvalue weighted by atomic mass is 10.2. The quantitative estimate of drug-likeness (QED) is 0.559. The molecule has 8 heteroatoms. The number of esters is 1. The Hall–Kier alpha value is -1.73. The van der Waals surface area contributed by atoms with E-state index in [1.54, 1.807) is 5.32 Å². The maximum Gasteiger partial charge on any atom is 0.425 e. The van der Waals surface area contributed by atoms with E-state index in [2.05, 4.69) is 4.74 Å². The molecular formula is C8H10F3NO4. The minimum atomic E-state index is -5.09. The number of carboxylic acids is 1. The van der Waals surface area contributed by atoms with Gasteiger partial charge in [0.1, 0.15) is 5.70 Å². The fraction of sp³-hybridized carbons (Fsp3) is 0.500. The van der Waals surface area contributed by atoms with Crippen molar-refractivity contribution in [3.8, 4) is 0 Å². The summed E-state index contributed by atoms with van der Waals surface area (Å²) >= 11 is 0. The molecule has 0 aromatic heterocycles. The number of nitrogens with one attached hydrogen (secondary N) is 1. The number of carbonyl (C=O) groups excluding carboxylic acids is 1. The van der Waals surface area contributed by atoms with Crippen LogP contribution in [0.5, 0.6) is 0 Å². The van der Waals surface area contributed by atoms with Crippen LogP contribution in [-0.4, -0.2) is 36.9 Å². The fourth-order valence-corrected chi connectivity index (χ4v) is 0.902. The van der Waals surface area contributed by atoms with Crippen molar-refractivity contribution in [2.45, 2.75) is 13.1 Å². The summed E-state index contributed by atoms with van der Waals surface area (Å²) in [7, 11) is 0.967. The van der Waals surface area contributed by atoms with Gasteiger partial charge in [-0.3, -0.25) is 0 Å². The monoisotopic (exact) mass is 241 g/mol. The summed E-state index contributed by atoms with van der Waals surface area (Å²) in [5, 5.41) is 10.3. The second kappa shape index (κ2) is 5.38. The Morgan fingerprint density at radius 1 is 1.38 bits per heavy atom. The first-order valence-corrected chi connectivity index (χ1v) is 4.15. The van der Waals surface area contributed by atoms with Gasteiger partial charge < -0.3 is 15.2 Å². The smallest absolute Gasteiger partial charge is 0.425 e. The Labute approximate surface area is 88.9 Å². The zero-order chi connectivity index (χ0) is 12.9. The molecule has 0 aliphatic heterocycles. The number of alkyl halides is 3. The second-order valence-corrected chi connectivity index (χ2v) is 2.52. The Balaban J connectivity index is 5.55. The highest BCUT2D eigenvalue weighted by Crippen LogP contribution is 2.28. The van der Waals surface area contributed by atoms with Gasteiger partial charge in [0.15, 0.2) is 5.57 Å². The van der Waals surface area contributed by atoms with E-state index < -0.39 is 29.4 Å². The minimum Gasteiger partial charge on any atom is -0.477 e. The van der Waals surface area contributed by atoms with Gasteiger partial charge in [-0.1, -0.05) is 0 Å². The van der Waals surface area contributed by atoms with Crippen molar-refractivity contribution in [3.63, 3.8) is 0 Å². The van der Waals surface area contributed by atoms with E-state index >= 15 is 0 Å². The number of carbonyl (C=O) groups is 2. The molecule has 2 N–H and O–H groups in total. The lowest BCUT2D eigenvalue weighted by molar-refractivity contribution is -0.152. The third kappa shape index (κ3) is 3.44. The zero-order valence-electron chi connectivity index (χ0n) is 8.51. The summed E-state index contributed by atoms with van der Waals surface area (Å²) in [6.07, 6.45) is -5.09. The van der Waals surface area contributed by atoms with E-state index in [0.717, 1.165) is 7.05 Å². The SMILES string of the molecule is CCOC(=O)C(=C(NC)C(=O)O)C(F)(F)F. The van der Waals surface area contributed by atoms with E-state index in [-0.39, 0.29) is 6.61 Å². The van der Waals surface area contributed by atoms with Gasteiger partial charge in [-0.15, -0.1) is 0 Å². The highest BCUT2D eigenvalue weighted by atomic mass is 19.4. The number of likely N-dealkylation sites (N-methyl/N-ethyl adjacent to an activating group) is 1. The highest BCUT2D eigenvalue weighted by Gasteiger charge is 2.44. The average molecular weight is 241 g/mol. The standard InChI is InChI=1S/C8H10F3NO4/c1-3-16-7(15)4(8(9,10)11)5(12-2)6(13)14/h12H,3H2,1-2H3,(H,13,14). The highest BCUT2D eigenvalue weighted by molar-refractivity contribution is 6.00. The minimum absolute atomic E-state index is 0.283. The average Bonchev–Trinajstić information content (AvgIpc) is 2.11. The van der Waals surface area contributed by atoms with Crippen LogP contribution in [0.4, 0.5) is 13.2 Å². The molecule has 0 radical (unpaired) electrons. The van der Waals surface area contributed by atoms with Crippen LogP contribution in [0.15, 0.2) is 11.3 Å². The van der Waals surface area contributed by atoms with Gasteiger partial charge in [0.05, 0.1) is 6.61 Å². The topological polar surface area (TPSA) is 75.6 Å².